The number of hydrogen-bond acceptors (Lipinski definition) is 4. The van der Waals surface area contributed by atoms with Crippen molar-refractivity contribution in [2.45, 2.75) is 38.6 Å². The summed E-state index contributed by atoms with van der Waals surface area (Å²) in [5.41, 5.74) is 0. The molecule has 1 aliphatic carbocycles. The van der Waals surface area contributed by atoms with E-state index in [0.717, 1.165) is 12.8 Å². The van der Waals surface area contributed by atoms with E-state index in [-0.39, 0.29) is 30.1 Å². The Morgan fingerprint density at radius 2 is 2.24 bits per heavy atom. The maximum atomic E-state index is 11.8. The third-order valence-corrected chi connectivity index (χ3v) is 3.53. The molecule has 1 heterocycles. The van der Waals surface area contributed by atoms with Crippen LogP contribution >= 0.6 is 0 Å². The summed E-state index contributed by atoms with van der Waals surface area (Å²) in [6.07, 6.45) is 2.20. The van der Waals surface area contributed by atoms with Crippen LogP contribution in [-0.2, 0) is 19.1 Å². The molecule has 3 atom stereocenters. The first-order valence-electron chi connectivity index (χ1n) is 6.12. The number of ether oxygens (including phenoxy) is 1. The van der Waals surface area contributed by atoms with E-state index >= 15 is 0 Å². The van der Waals surface area contributed by atoms with Crippen LogP contribution in [0.5, 0.6) is 0 Å². The van der Waals surface area contributed by atoms with Gasteiger partial charge < -0.3 is 10.1 Å². The zero-order valence-corrected chi connectivity index (χ0v) is 9.90. The van der Waals surface area contributed by atoms with Crippen LogP contribution in [0.4, 0.5) is 0 Å². The Labute approximate surface area is 99.9 Å². The SMILES string of the molecule is CCOC(=O)C[C@@H]1C(=O)N[C@@H]2CCCC(=O)[C@H]12. The lowest BCUT2D eigenvalue weighted by Crippen LogP contribution is -2.37. The number of Topliss-reactive ketones (excluding diaryl/α,β-unsaturated/α-hetero) is 1. The third kappa shape index (κ3) is 2.33. The highest BCUT2D eigenvalue weighted by molar-refractivity contribution is 5.95. The number of ketones is 1. The minimum atomic E-state index is -0.521. The van der Waals surface area contributed by atoms with Gasteiger partial charge in [-0.2, -0.15) is 0 Å². The number of hydrogen-bond donors (Lipinski definition) is 1. The van der Waals surface area contributed by atoms with Crippen molar-refractivity contribution in [2.24, 2.45) is 11.8 Å². The summed E-state index contributed by atoms with van der Waals surface area (Å²) in [4.78, 5) is 35.0. The third-order valence-electron chi connectivity index (χ3n) is 3.53. The molecule has 1 saturated heterocycles. The van der Waals surface area contributed by atoms with Crippen molar-refractivity contribution in [1.29, 1.82) is 0 Å². The van der Waals surface area contributed by atoms with E-state index < -0.39 is 11.9 Å². The van der Waals surface area contributed by atoms with Gasteiger partial charge in [0.1, 0.15) is 5.78 Å². The van der Waals surface area contributed by atoms with Crippen LogP contribution in [-0.4, -0.2) is 30.3 Å². The highest BCUT2D eigenvalue weighted by Crippen LogP contribution is 2.34. The van der Waals surface area contributed by atoms with Gasteiger partial charge in [-0.05, 0) is 19.8 Å². The normalized spacial score (nSPS) is 31.9. The summed E-state index contributed by atoms with van der Waals surface area (Å²) in [6.45, 7) is 2.02. The van der Waals surface area contributed by atoms with Crippen molar-refractivity contribution >= 4 is 17.7 Å². The Balaban J connectivity index is 2.07. The van der Waals surface area contributed by atoms with Gasteiger partial charge in [0.2, 0.25) is 5.91 Å². The minimum Gasteiger partial charge on any atom is -0.466 e. The molecule has 1 saturated carbocycles. The smallest absolute Gasteiger partial charge is 0.306 e. The Hall–Kier alpha value is -1.39. The van der Waals surface area contributed by atoms with E-state index in [1.54, 1.807) is 6.92 Å². The molecule has 1 aliphatic heterocycles. The Morgan fingerprint density at radius 1 is 1.47 bits per heavy atom. The van der Waals surface area contributed by atoms with Crippen LogP contribution in [0.15, 0.2) is 0 Å². The fourth-order valence-electron chi connectivity index (χ4n) is 2.81. The molecule has 5 nitrogen and oxygen atoms in total. The lowest BCUT2D eigenvalue weighted by atomic mass is 9.77. The van der Waals surface area contributed by atoms with Crippen molar-refractivity contribution in [3.05, 3.63) is 0 Å². The molecule has 1 amide bonds. The number of rotatable bonds is 3. The van der Waals surface area contributed by atoms with Crippen molar-refractivity contribution in [2.75, 3.05) is 6.61 Å². The first-order chi connectivity index (χ1) is 8.13. The zero-order valence-electron chi connectivity index (χ0n) is 9.90. The van der Waals surface area contributed by atoms with Gasteiger partial charge in [0.25, 0.3) is 0 Å². The van der Waals surface area contributed by atoms with Crippen LogP contribution in [0.2, 0.25) is 0 Å². The number of carbonyl (C=O) groups excluding carboxylic acids is 3. The zero-order chi connectivity index (χ0) is 12.4. The highest BCUT2D eigenvalue weighted by atomic mass is 16.5. The fraction of sp³-hybridized carbons (Fsp3) is 0.750. The fourth-order valence-corrected chi connectivity index (χ4v) is 2.81. The second kappa shape index (κ2) is 4.85. The molecule has 94 valence electrons. The Bertz CT molecular complexity index is 352. The molecule has 0 spiro atoms. The molecule has 0 aromatic heterocycles. The summed E-state index contributed by atoms with van der Waals surface area (Å²) < 4.78 is 4.84. The summed E-state index contributed by atoms with van der Waals surface area (Å²) in [5, 5.41) is 2.82. The van der Waals surface area contributed by atoms with E-state index in [9.17, 15) is 14.4 Å². The van der Waals surface area contributed by atoms with E-state index in [1.807, 2.05) is 0 Å². The van der Waals surface area contributed by atoms with Gasteiger partial charge >= 0.3 is 5.97 Å². The molecule has 2 aliphatic rings. The second-order valence-corrected chi connectivity index (χ2v) is 4.62. The summed E-state index contributed by atoms with van der Waals surface area (Å²) in [6, 6.07) is -0.0665. The number of fused-ring (bicyclic) bond motifs is 1. The molecule has 5 heteroatoms. The number of nitrogens with one attached hydrogen (secondary N) is 1. The molecule has 1 N–H and O–H groups in total. The molecule has 0 radical (unpaired) electrons. The van der Waals surface area contributed by atoms with E-state index in [4.69, 9.17) is 4.74 Å². The van der Waals surface area contributed by atoms with Gasteiger partial charge in [-0.15, -0.1) is 0 Å². The molecule has 0 unspecified atom stereocenters. The first kappa shape index (κ1) is 12.1. The van der Waals surface area contributed by atoms with Gasteiger partial charge in [-0.1, -0.05) is 0 Å². The lowest BCUT2D eigenvalue weighted by molar-refractivity contribution is -0.146. The largest absolute Gasteiger partial charge is 0.466 e. The standard InChI is InChI=1S/C12H17NO4/c1-2-17-10(15)6-7-11-8(13-12(7)16)4-3-5-9(11)14/h7-8,11H,2-6H2,1H3,(H,13,16)/t7-,8+,11+/m0/s1. The molecule has 2 rings (SSSR count). The monoisotopic (exact) mass is 239 g/mol. The highest BCUT2D eigenvalue weighted by Gasteiger charge is 2.48. The predicted octanol–water partition coefficient (Wildman–Crippen LogP) is 0.423. The quantitative estimate of drug-likeness (QED) is 0.725. The summed E-state index contributed by atoms with van der Waals surface area (Å²) >= 11 is 0. The van der Waals surface area contributed by atoms with Crippen molar-refractivity contribution in [1.82, 2.24) is 5.32 Å². The van der Waals surface area contributed by atoms with Crippen LogP contribution in [0.1, 0.15) is 32.6 Å². The molecule has 0 aromatic rings. The van der Waals surface area contributed by atoms with Crippen molar-refractivity contribution in [3.8, 4) is 0 Å². The molecule has 17 heavy (non-hydrogen) atoms. The van der Waals surface area contributed by atoms with Gasteiger partial charge in [0, 0.05) is 12.5 Å². The molecular formula is C12H17NO4. The molecular weight excluding hydrogens is 222 g/mol. The lowest BCUT2D eigenvalue weighted by Gasteiger charge is -2.25. The number of amides is 1. The van der Waals surface area contributed by atoms with Gasteiger partial charge in [0.15, 0.2) is 0 Å². The van der Waals surface area contributed by atoms with Crippen LogP contribution in [0, 0.1) is 11.8 Å². The summed E-state index contributed by atoms with van der Waals surface area (Å²) in [5.74, 6) is -1.31. The maximum absolute atomic E-state index is 11.8. The van der Waals surface area contributed by atoms with E-state index in [0.29, 0.717) is 13.0 Å². The Kier molecular flexibility index (Phi) is 3.45. The Morgan fingerprint density at radius 3 is 2.94 bits per heavy atom. The molecule has 0 aromatic carbocycles. The number of carbonyl (C=O) groups is 3. The average molecular weight is 239 g/mol. The minimum absolute atomic E-state index is 0.0204. The van der Waals surface area contributed by atoms with E-state index in [2.05, 4.69) is 5.32 Å². The molecule has 0 bridgehead atoms. The van der Waals surface area contributed by atoms with Crippen LogP contribution in [0.3, 0.4) is 0 Å². The maximum Gasteiger partial charge on any atom is 0.306 e. The van der Waals surface area contributed by atoms with Crippen molar-refractivity contribution in [3.63, 3.8) is 0 Å². The van der Waals surface area contributed by atoms with Gasteiger partial charge in [0.05, 0.1) is 24.9 Å². The van der Waals surface area contributed by atoms with Crippen LogP contribution in [0.25, 0.3) is 0 Å². The first-order valence-corrected chi connectivity index (χ1v) is 6.12. The average Bonchev–Trinajstić information content (AvgIpc) is 2.57. The predicted molar refractivity (Wildman–Crippen MR) is 59.0 cm³/mol. The van der Waals surface area contributed by atoms with Crippen LogP contribution < -0.4 is 5.32 Å². The van der Waals surface area contributed by atoms with Crippen molar-refractivity contribution < 1.29 is 19.1 Å². The second-order valence-electron chi connectivity index (χ2n) is 4.62. The van der Waals surface area contributed by atoms with Gasteiger partial charge in [-0.3, -0.25) is 14.4 Å². The summed E-state index contributed by atoms with van der Waals surface area (Å²) in [7, 11) is 0. The number of esters is 1. The van der Waals surface area contributed by atoms with Gasteiger partial charge in [-0.25, -0.2) is 0 Å². The molecule has 2 fully saturated rings. The van der Waals surface area contributed by atoms with E-state index in [1.165, 1.54) is 0 Å². The topological polar surface area (TPSA) is 72.5 Å².